The van der Waals surface area contributed by atoms with Crippen LogP contribution in [0.5, 0.6) is 0 Å². The van der Waals surface area contributed by atoms with Crippen LogP contribution in [0.25, 0.3) is 0 Å². The Morgan fingerprint density at radius 1 is 1.11 bits per heavy atom. The monoisotopic (exact) mass is 315 g/mol. The molecule has 0 aromatic heterocycles. The molecule has 0 aliphatic carbocycles. The fourth-order valence-corrected chi connectivity index (χ4v) is 2.87. The molecule has 19 heavy (non-hydrogen) atoms. The molecule has 0 spiro atoms. The lowest BCUT2D eigenvalue weighted by atomic mass is 9.99. The number of amides is 1. The summed E-state index contributed by atoms with van der Waals surface area (Å²) in [5.41, 5.74) is 3.16. The highest BCUT2D eigenvalue weighted by Crippen LogP contribution is 2.23. The highest BCUT2D eigenvalue weighted by molar-refractivity contribution is 9.10. The molecule has 0 fully saturated rings. The third kappa shape index (κ3) is 2.56. The summed E-state index contributed by atoms with van der Waals surface area (Å²) in [4.78, 5) is 14.4. The normalized spacial score (nSPS) is 14.4. The summed E-state index contributed by atoms with van der Waals surface area (Å²) < 4.78 is 1.04. The minimum atomic E-state index is 0.137. The molecule has 0 N–H and O–H groups in total. The van der Waals surface area contributed by atoms with E-state index >= 15 is 0 Å². The highest BCUT2D eigenvalue weighted by Gasteiger charge is 2.24. The molecule has 0 atom stereocenters. The van der Waals surface area contributed by atoms with Crippen LogP contribution >= 0.6 is 15.9 Å². The summed E-state index contributed by atoms with van der Waals surface area (Å²) in [6, 6.07) is 16.0. The van der Waals surface area contributed by atoms with E-state index in [4.69, 9.17) is 0 Å². The van der Waals surface area contributed by atoms with Gasteiger partial charge in [-0.05, 0) is 35.7 Å². The zero-order valence-electron chi connectivity index (χ0n) is 10.5. The Kier molecular flexibility index (Phi) is 3.38. The molecule has 2 nitrogen and oxygen atoms in total. The summed E-state index contributed by atoms with van der Waals surface area (Å²) in [6.45, 7) is 1.48. The molecule has 1 aliphatic heterocycles. The SMILES string of the molecule is O=C1c2ccc(Br)cc2CCN1Cc1ccccc1. The van der Waals surface area contributed by atoms with E-state index in [1.807, 2.05) is 41.3 Å². The van der Waals surface area contributed by atoms with Gasteiger partial charge in [-0.1, -0.05) is 46.3 Å². The van der Waals surface area contributed by atoms with Gasteiger partial charge in [0.15, 0.2) is 0 Å². The maximum Gasteiger partial charge on any atom is 0.254 e. The summed E-state index contributed by atoms with van der Waals surface area (Å²) in [5, 5.41) is 0. The van der Waals surface area contributed by atoms with Crippen LogP contribution < -0.4 is 0 Å². The average molecular weight is 316 g/mol. The van der Waals surface area contributed by atoms with E-state index in [1.165, 1.54) is 5.56 Å². The van der Waals surface area contributed by atoms with Crippen molar-refractivity contribution in [2.75, 3.05) is 6.54 Å². The van der Waals surface area contributed by atoms with Gasteiger partial charge < -0.3 is 4.90 Å². The van der Waals surface area contributed by atoms with Crippen molar-refractivity contribution in [2.24, 2.45) is 0 Å². The predicted molar refractivity (Wildman–Crippen MR) is 79.0 cm³/mol. The lowest BCUT2D eigenvalue weighted by Crippen LogP contribution is -2.36. The van der Waals surface area contributed by atoms with Crippen LogP contribution in [0, 0.1) is 0 Å². The number of halogens is 1. The largest absolute Gasteiger partial charge is 0.334 e. The number of carbonyl (C=O) groups excluding carboxylic acids is 1. The van der Waals surface area contributed by atoms with E-state index in [1.54, 1.807) is 0 Å². The number of rotatable bonds is 2. The van der Waals surface area contributed by atoms with Crippen LogP contribution in [0.3, 0.4) is 0 Å². The van der Waals surface area contributed by atoms with Crippen LogP contribution in [0.2, 0.25) is 0 Å². The van der Waals surface area contributed by atoms with Crippen molar-refractivity contribution >= 4 is 21.8 Å². The number of nitrogens with zero attached hydrogens (tertiary/aromatic N) is 1. The number of fused-ring (bicyclic) bond motifs is 1. The summed E-state index contributed by atoms with van der Waals surface area (Å²) >= 11 is 3.45. The van der Waals surface area contributed by atoms with Crippen LogP contribution in [0.4, 0.5) is 0 Å². The third-order valence-corrected chi connectivity index (χ3v) is 3.95. The van der Waals surface area contributed by atoms with Gasteiger partial charge in [0.25, 0.3) is 5.91 Å². The first kappa shape index (κ1) is 12.4. The van der Waals surface area contributed by atoms with Crippen molar-refractivity contribution in [3.63, 3.8) is 0 Å². The van der Waals surface area contributed by atoms with Gasteiger partial charge in [0, 0.05) is 23.1 Å². The summed E-state index contributed by atoms with van der Waals surface area (Å²) in [6.07, 6.45) is 0.924. The molecule has 2 aromatic rings. The second-order valence-electron chi connectivity index (χ2n) is 4.76. The molecule has 0 saturated carbocycles. The average Bonchev–Trinajstić information content (AvgIpc) is 2.43. The number of hydrogen-bond donors (Lipinski definition) is 0. The van der Waals surface area contributed by atoms with Crippen LogP contribution in [0.1, 0.15) is 21.5 Å². The van der Waals surface area contributed by atoms with Crippen molar-refractivity contribution in [3.8, 4) is 0 Å². The van der Waals surface area contributed by atoms with E-state index in [0.29, 0.717) is 6.54 Å². The molecule has 1 amide bonds. The molecular formula is C16H14BrNO. The van der Waals surface area contributed by atoms with Crippen molar-refractivity contribution in [1.29, 1.82) is 0 Å². The van der Waals surface area contributed by atoms with E-state index in [2.05, 4.69) is 28.1 Å². The molecule has 96 valence electrons. The van der Waals surface area contributed by atoms with Crippen molar-refractivity contribution in [1.82, 2.24) is 4.90 Å². The molecule has 3 heteroatoms. The fourth-order valence-electron chi connectivity index (χ4n) is 2.46. The smallest absolute Gasteiger partial charge is 0.254 e. The lowest BCUT2D eigenvalue weighted by molar-refractivity contribution is 0.0727. The van der Waals surface area contributed by atoms with Gasteiger partial charge in [-0.3, -0.25) is 4.79 Å². The molecule has 2 aromatic carbocycles. The van der Waals surface area contributed by atoms with Crippen LogP contribution in [-0.2, 0) is 13.0 Å². The maximum absolute atomic E-state index is 12.4. The molecule has 1 aliphatic rings. The van der Waals surface area contributed by atoms with Crippen molar-refractivity contribution in [2.45, 2.75) is 13.0 Å². The van der Waals surface area contributed by atoms with Crippen LogP contribution in [-0.4, -0.2) is 17.4 Å². The van der Waals surface area contributed by atoms with Crippen molar-refractivity contribution < 1.29 is 4.79 Å². The molecule has 3 rings (SSSR count). The fraction of sp³-hybridized carbons (Fsp3) is 0.188. The number of carbonyl (C=O) groups is 1. The van der Waals surface area contributed by atoms with E-state index in [-0.39, 0.29) is 5.91 Å². The van der Waals surface area contributed by atoms with Crippen molar-refractivity contribution in [3.05, 3.63) is 69.7 Å². The van der Waals surface area contributed by atoms with E-state index in [9.17, 15) is 4.79 Å². The minimum Gasteiger partial charge on any atom is -0.334 e. The highest BCUT2D eigenvalue weighted by atomic mass is 79.9. The zero-order valence-corrected chi connectivity index (χ0v) is 12.1. The first-order valence-corrected chi connectivity index (χ1v) is 7.15. The van der Waals surface area contributed by atoms with Gasteiger partial charge in [-0.15, -0.1) is 0 Å². The summed E-state index contributed by atoms with van der Waals surface area (Å²) in [7, 11) is 0. The third-order valence-electron chi connectivity index (χ3n) is 3.45. The molecule has 1 heterocycles. The van der Waals surface area contributed by atoms with Crippen LogP contribution in [0.15, 0.2) is 53.0 Å². The standard InChI is InChI=1S/C16H14BrNO/c17-14-6-7-15-13(10-14)8-9-18(16(15)19)11-12-4-2-1-3-5-12/h1-7,10H,8-9,11H2. The Balaban J connectivity index is 1.84. The minimum absolute atomic E-state index is 0.137. The van der Waals surface area contributed by atoms with E-state index < -0.39 is 0 Å². The maximum atomic E-state index is 12.4. The van der Waals surface area contributed by atoms with Gasteiger partial charge in [-0.25, -0.2) is 0 Å². The second kappa shape index (κ2) is 5.17. The molecule has 0 radical (unpaired) electrons. The second-order valence-corrected chi connectivity index (χ2v) is 5.68. The summed E-state index contributed by atoms with van der Waals surface area (Å²) in [5.74, 6) is 0.137. The Bertz CT molecular complexity index is 609. The molecule has 0 unspecified atom stereocenters. The van der Waals surface area contributed by atoms with Gasteiger partial charge in [0.1, 0.15) is 0 Å². The molecule has 0 saturated heterocycles. The number of benzene rings is 2. The molecular weight excluding hydrogens is 302 g/mol. The first-order valence-electron chi connectivity index (χ1n) is 6.35. The topological polar surface area (TPSA) is 20.3 Å². The zero-order chi connectivity index (χ0) is 13.2. The number of hydrogen-bond acceptors (Lipinski definition) is 1. The quantitative estimate of drug-likeness (QED) is 0.828. The Morgan fingerprint density at radius 3 is 2.68 bits per heavy atom. The van der Waals surface area contributed by atoms with Gasteiger partial charge in [0.2, 0.25) is 0 Å². The van der Waals surface area contributed by atoms with Gasteiger partial charge in [0.05, 0.1) is 0 Å². The first-order chi connectivity index (χ1) is 9.24. The predicted octanol–water partition coefficient (Wildman–Crippen LogP) is 3.65. The Morgan fingerprint density at radius 2 is 1.89 bits per heavy atom. The lowest BCUT2D eigenvalue weighted by Gasteiger charge is -2.28. The Hall–Kier alpha value is -1.61. The Labute approximate surface area is 121 Å². The van der Waals surface area contributed by atoms with Gasteiger partial charge in [-0.2, -0.15) is 0 Å². The van der Waals surface area contributed by atoms with E-state index in [0.717, 1.165) is 28.6 Å². The molecule has 0 bridgehead atoms. The van der Waals surface area contributed by atoms with Gasteiger partial charge >= 0.3 is 0 Å².